The molecule has 61 heavy (non-hydrogen) atoms. The lowest BCUT2D eigenvalue weighted by Gasteiger charge is -2.30. The summed E-state index contributed by atoms with van der Waals surface area (Å²) < 4.78 is 13.3. The zero-order valence-electron chi connectivity index (χ0n) is 34.1. The Morgan fingerprint density at radius 2 is 1.26 bits per heavy atom. The number of rotatable bonds is 6. The van der Waals surface area contributed by atoms with Crippen LogP contribution in [0.4, 0.5) is 0 Å². The minimum Gasteiger partial charge on any atom is -0.456 e. The molecule has 292 valence electrons. The molecule has 6 nitrogen and oxygen atoms in total. The number of nitrogens with zero attached hydrogens (tertiary/aromatic N) is 4. The van der Waals surface area contributed by atoms with Gasteiger partial charge in [-0.3, -0.25) is 4.99 Å². The smallest absolute Gasteiger partial charge is 0.180 e. The molecule has 2 aliphatic rings. The first kappa shape index (κ1) is 35.5. The molecule has 0 fully saturated rings. The highest BCUT2D eigenvalue weighted by Gasteiger charge is 2.36. The molecule has 12 rings (SSSR count). The molecule has 0 saturated heterocycles. The molecule has 0 radical (unpaired) electrons. The monoisotopic (exact) mass is 788 g/mol. The van der Waals surface area contributed by atoms with Gasteiger partial charge in [0.25, 0.3) is 0 Å². The third kappa shape index (κ3) is 5.48. The summed E-state index contributed by atoms with van der Waals surface area (Å²) in [4.78, 5) is 21.4. The van der Waals surface area contributed by atoms with Crippen LogP contribution in [0.5, 0.6) is 0 Å². The second-order valence-electron chi connectivity index (χ2n) is 16.8. The summed E-state index contributed by atoms with van der Waals surface area (Å²) in [5.41, 5.74) is 15.7. The van der Waals surface area contributed by atoms with Crippen molar-refractivity contribution in [2.75, 3.05) is 0 Å². The van der Waals surface area contributed by atoms with Gasteiger partial charge in [0, 0.05) is 49.7 Å². The summed E-state index contributed by atoms with van der Waals surface area (Å²) in [5.74, 6) is 1.43. The van der Waals surface area contributed by atoms with E-state index in [9.17, 15) is 0 Å². The fourth-order valence-corrected chi connectivity index (χ4v) is 9.90. The largest absolute Gasteiger partial charge is 0.456 e. The lowest BCUT2D eigenvalue weighted by Crippen LogP contribution is -2.28. The first-order valence-corrected chi connectivity index (χ1v) is 21.1. The Balaban J connectivity index is 1.06. The van der Waals surface area contributed by atoms with Gasteiger partial charge in [-0.05, 0) is 76.7 Å². The molecule has 10 aromatic rings. The number of aromatic nitrogens is 2. The number of hydrogen-bond acceptors (Lipinski definition) is 6. The molecule has 0 bridgehead atoms. The average Bonchev–Trinajstić information content (AvgIpc) is 3.96. The van der Waals surface area contributed by atoms with Crippen molar-refractivity contribution < 1.29 is 8.83 Å². The van der Waals surface area contributed by atoms with Crippen LogP contribution in [0, 0.1) is 5.92 Å². The summed E-state index contributed by atoms with van der Waals surface area (Å²) in [6, 6.07) is 57.0. The topological polar surface area (TPSA) is 76.8 Å². The molecular formula is C55H40N4O2. The molecule has 0 spiro atoms. The van der Waals surface area contributed by atoms with Crippen molar-refractivity contribution in [3.05, 3.63) is 192 Å². The summed E-state index contributed by atoms with van der Waals surface area (Å²) in [5, 5.41) is 2.97. The minimum atomic E-state index is -0.156. The molecule has 3 aromatic heterocycles. The van der Waals surface area contributed by atoms with E-state index in [0.717, 1.165) is 84.3 Å². The molecular weight excluding hydrogens is 749 g/mol. The lowest BCUT2D eigenvalue weighted by atomic mass is 9.82. The molecule has 2 unspecified atom stereocenters. The number of furan rings is 2. The van der Waals surface area contributed by atoms with Gasteiger partial charge in [-0.25, -0.2) is 15.0 Å². The summed E-state index contributed by atoms with van der Waals surface area (Å²) in [6.45, 7) is 6.84. The SMILES string of the molecule is CCC1C(c2cccc3oc4ccc(-c5nc(-c6ccc7c(c6)C(C)(C)c6ccccc6-7)nc6c5oc5ccccc56)cc4c23)=NC(c2ccccc2)=NC1c1ccccc1. The molecule has 7 aromatic carbocycles. The first-order chi connectivity index (χ1) is 29.9. The van der Waals surface area contributed by atoms with Crippen molar-refractivity contribution >= 4 is 55.6 Å². The van der Waals surface area contributed by atoms with Crippen molar-refractivity contribution in [3.63, 3.8) is 0 Å². The van der Waals surface area contributed by atoms with E-state index in [0.29, 0.717) is 11.4 Å². The Hall–Kier alpha value is -7.44. The van der Waals surface area contributed by atoms with Crippen LogP contribution >= 0.6 is 0 Å². The number of amidine groups is 1. The van der Waals surface area contributed by atoms with Gasteiger partial charge in [-0.2, -0.15) is 0 Å². The van der Waals surface area contributed by atoms with E-state index in [1.54, 1.807) is 0 Å². The van der Waals surface area contributed by atoms with E-state index < -0.39 is 0 Å². The Kier molecular flexibility index (Phi) is 7.88. The number of para-hydroxylation sites is 1. The highest BCUT2D eigenvalue weighted by atomic mass is 16.3. The second kappa shape index (κ2) is 13.5. The quantitative estimate of drug-likeness (QED) is 0.168. The summed E-state index contributed by atoms with van der Waals surface area (Å²) in [7, 11) is 0. The molecule has 1 aliphatic carbocycles. The van der Waals surface area contributed by atoms with E-state index in [1.807, 2.05) is 36.4 Å². The van der Waals surface area contributed by atoms with E-state index in [-0.39, 0.29) is 17.4 Å². The Morgan fingerprint density at radius 1 is 0.557 bits per heavy atom. The van der Waals surface area contributed by atoms with Crippen LogP contribution in [0.3, 0.4) is 0 Å². The molecule has 6 heteroatoms. The molecule has 4 heterocycles. The van der Waals surface area contributed by atoms with Crippen LogP contribution in [-0.4, -0.2) is 21.5 Å². The predicted molar refractivity (Wildman–Crippen MR) is 248 cm³/mol. The fourth-order valence-electron chi connectivity index (χ4n) is 9.90. The van der Waals surface area contributed by atoms with Gasteiger partial charge < -0.3 is 8.83 Å². The molecule has 0 amide bonds. The Morgan fingerprint density at radius 3 is 2.11 bits per heavy atom. The van der Waals surface area contributed by atoms with E-state index in [4.69, 9.17) is 28.8 Å². The van der Waals surface area contributed by atoms with Gasteiger partial charge >= 0.3 is 0 Å². The molecule has 0 saturated carbocycles. The highest BCUT2D eigenvalue weighted by molar-refractivity contribution is 6.23. The van der Waals surface area contributed by atoms with E-state index >= 15 is 0 Å². The maximum atomic E-state index is 6.64. The normalized spacial score (nSPS) is 16.8. The van der Waals surface area contributed by atoms with Gasteiger partial charge in [-0.1, -0.05) is 142 Å². The summed E-state index contributed by atoms with van der Waals surface area (Å²) >= 11 is 0. The van der Waals surface area contributed by atoms with Gasteiger partial charge in [0.1, 0.15) is 28.0 Å². The van der Waals surface area contributed by atoms with Crippen LogP contribution in [0.25, 0.3) is 77.8 Å². The number of fused-ring (bicyclic) bond motifs is 9. The van der Waals surface area contributed by atoms with Crippen molar-refractivity contribution in [1.29, 1.82) is 0 Å². The maximum Gasteiger partial charge on any atom is 0.180 e. The van der Waals surface area contributed by atoms with Crippen LogP contribution in [0.2, 0.25) is 0 Å². The maximum absolute atomic E-state index is 6.64. The third-order valence-electron chi connectivity index (χ3n) is 12.9. The Bertz CT molecular complexity index is 3450. The molecule has 2 atom stereocenters. The average molecular weight is 789 g/mol. The van der Waals surface area contributed by atoms with Gasteiger partial charge in [0.05, 0.1) is 11.8 Å². The van der Waals surface area contributed by atoms with Crippen molar-refractivity contribution in [2.24, 2.45) is 15.9 Å². The zero-order valence-corrected chi connectivity index (χ0v) is 34.1. The van der Waals surface area contributed by atoms with Crippen LogP contribution < -0.4 is 0 Å². The van der Waals surface area contributed by atoms with Crippen molar-refractivity contribution in [1.82, 2.24) is 9.97 Å². The van der Waals surface area contributed by atoms with E-state index in [2.05, 4.69) is 148 Å². The molecule has 1 aliphatic heterocycles. The highest BCUT2D eigenvalue weighted by Crippen LogP contribution is 2.50. The predicted octanol–water partition coefficient (Wildman–Crippen LogP) is 13.9. The summed E-state index contributed by atoms with van der Waals surface area (Å²) in [6.07, 6.45) is 0.862. The van der Waals surface area contributed by atoms with Crippen molar-refractivity contribution in [3.8, 4) is 33.8 Å². The van der Waals surface area contributed by atoms with Gasteiger partial charge in [-0.15, -0.1) is 0 Å². The van der Waals surface area contributed by atoms with Crippen LogP contribution in [0.15, 0.2) is 183 Å². The van der Waals surface area contributed by atoms with Gasteiger partial charge in [0.15, 0.2) is 17.2 Å². The molecule has 0 N–H and O–H groups in total. The lowest BCUT2D eigenvalue weighted by molar-refractivity contribution is 0.533. The van der Waals surface area contributed by atoms with E-state index in [1.165, 1.54) is 27.8 Å². The van der Waals surface area contributed by atoms with Crippen LogP contribution in [0.1, 0.15) is 61.1 Å². The number of benzene rings is 7. The van der Waals surface area contributed by atoms with Crippen molar-refractivity contribution in [2.45, 2.75) is 38.6 Å². The van der Waals surface area contributed by atoms with Gasteiger partial charge in [0.2, 0.25) is 0 Å². The second-order valence-corrected chi connectivity index (χ2v) is 16.8. The zero-order chi connectivity index (χ0) is 40.8. The first-order valence-electron chi connectivity index (χ1n) is 21.1. The third-order valence-corrected chi connectivity index (χ3v) is 12.9. The number of aliphatic imine (C=N–C) groups is 2. The minimum absolute atomic E-state index is 0.0401. The Labute approximate surface area is 353 Å². The fraction of sp³-hybridized carbons (Fsp3) is 0.127. The van der Waals surface area contributed by atoms with Crippen LogP contribution in [-0.2, 0) is 5.41 Å². The number of hydrogen-bond donors (Lipinski definition) is 0. The standard InChI is InChI=1S/C55H40N4O2/c1-4-36-48(32-16-7-5-8-17-32)56-53(33-18-9-6-10-19-33)58-50(36)40-22-15-25-46-47(40)41-30-34(27-29-45(41)60-46)49-52-51(39-21-12-14-24-44(39)61-52)59-54(57-49)35-26-28-38-37-20-11-13-23-42(37)55(2,3)43(38)31-35/h5-31,36,48H,4H2,1-3H3.